The van der Waals surface area contributed by atoms with Crippen LogP contribution >= 0.6 is 70.5 Å². The molecule has 0 aliphatic carbocycles. The highest BCUT2D eigenvalue weighted by molar-refractivity contribution is 8.14. The number of ether oxygens (including phenoxy) is 2. The predicted octanol–water partition coefficient (Wildman–Crippen LogP) is -6.34. The third kappa shape index (κ3) is 36.9. The Kier molecular flexibility index (Phi) is 42.7. The van der Waals surface area contributed by atoms with Crippen molar-refractivity contribution in [2.45, 2.75) is 141 Å². The van der Waals surface area contributed by atoms with E-state index in [1.807, 2.05) is 0 Å². The number of hydrogen-bond acceptors (Lipinski definition) is 43. The number of phosphoric ester groups is 6. The van der Waals surface area contributed by atoms with Crippen molar-refractivity contribution >= 4 is 150 Å². The van der Waals surface area contributed by atoms with Gasteiger partial charge < -0.3 is 137 Å². The first-order valence-corrected chi connectivity index (χ1v) is 44.5. The number of rotatable bonds is 44. The number of aliphatic carboxylic acids is 2. The van der Waals surface area contributed by atoms with Crippen molar-refractivity contribution in [1.29, 1.82) is 0 Å². The summed E-state index contributed by atoms with van der Waals surface area (Å²) in [6, 6.07) is 0. The molecular weight excluding hydrogens is 1770 g/mol. The van der Waals surface area contributed by atoms with Gasteiger partial charge in [-0.25, -0.2) is 62.1 Å². The number of aliphatic hydroxyl groups is 8. The smallest absolute Gasteiger partial charge is 0.481 e. The van der Waals surface area contributed by atoms with Crippen molar-refractivity contribution in [2.24, 2.45) is 10.8 Å². The molecule has 0 saturated carbocycles. The van der Waals surface area contributed by atoms with Gasteiger partial charge in [0.1, 0.15) is 84.7 Å². The molecule has 118 heavy (non-hydrogen) atoms. The predicted molar refractivity (Wildman–Crippen MR) is 394 cm³/mol. The fourth-order valence-corrected chi connectivity index (χ4v) is 15.9. The topological polar surface area (TPSA) is 886 Å². The van der Waals surface area contributed by atoms with Crippen molar-refractivity contribution in [3.63, 3.8) is 0 Å². The summed E-state index contributed by atoms with van der Waals surface area (Å²) in [4.78, 5) is 192. The van der Waals surface area contributed by atoms with E-state index < -0.39 is 198 Å². The van der Waals surface area contributed by atoms with Gasteiger partial charge in [0.2, 0.25) is 28.7 Å². The lowest BCUT2D eigenvalue weighted by molar-refractivity contribution is -0.306. The number of thioether (sulfide) groups is 2. The Bertz CT molecular complexity index is 4330. The molecule has 2 aliphatic heterocycles. The van der Waals surface area contributed by atoms with Gasteiger partial charge >= 0.3 is 52.9 Å². The van der Waals surface area contributed by atoms with E-state index in [0.29, 0.717) is 0 Å². The summed E-state index contributed by atoms with van der Waals surface area (Å²) in [6.45, 7) is 2.57. The van der Waals surface area contributed by atoms with Crippen molar-refractivity contribution in [1.82, 2.24) is 60.3 Å². The Balaban J connectivity index is 0.000000534. The number of carbonyl (C=O) groups excluding carboxylic acids is 7. The minimum Gasteiger partial charge on any atom is -0.550 e. The number of anilines is 2. The number of nitrogens with one attached hydrogen (secondary N) is 4. The highest BCUT2D eigenvalue weighted by atomic mass is 32.2. The number of amides is 4. The average molecular weight is 1860 g/mol. The van der Waals surface area contributed by atoms with Gasteiger partial charge in [0.25, 0.3) is 0 Å². The number of phosphoric acid groups is 6. The van der Waals surface area contributed by atoms with E-state index >= 15 is 0 Å². The van der Waals surface area contributed by atoms with Crippen LogP contribution in [0.4, 0.5) is 11.6 Å². The van der Waals surface area contributed by atoms with Crippen molar-refractivity contribution in [2.75, 3.05) is 88.8 Å². The van der Waals surface area contributed by atoms with Crippen LogP contribution < -0.4 is 37.8 Å². The second kappa shape index (κ2) is 47.5. The maximum atomic E-state index is 12.6. The SMILES string of the molecule is CC(C)(COP(=O)(O)OP(=O)(O)OC[C@H]1O[C@@H](n2cnc3c(N)ncnc32)[C@H](O)[C@@H]1OP(=O)(O)O)[C@@H](O)C(=O)NCCC(=O)NCCSC(=O)CCO.CC(O)C(=O)O.CC(O)C(=O)SCCNC(=O)CCNC(=O)[C@H](O)C(C)(C)COP(=O)(O)OP(=O)(O)OC[C@H]1O[C@@H](n2cnc3c(N)ncnc32)[C@H](O)[C@@H]1OP(=O)(O)O.O=C([O-])CCO. The molecule has 64 heteroatoms. The van der Waals surface area contributed by atoms with Crippen LogP contribution in [0.3, 0.4) is 0 Å². The van der Waals surface area contributed by atoms with E-state index in [1.54, 1.807) is 0 Å². The minimum atomic E-state index is -5.57. The van der Waals surface area contributed by atoms with E-state index in [9.17, 15) is 130 Å². The largest absolute Gasteiger partial charge is 0.550 e. The lowest BCUT2D eigenvalue weighted by atomic mass is 9.87. The van der Waals surface area contributed by atoms with Crippen molar-refractivity contribution < 1.29 is 201 Å². The highest BCUT2D eigenvalue weighted by Gasteiger charge is 2.53. The number of aromatic nitrogens is 8. The van der Waals surface area contributed by atoms with Gasteiger partial charge in [-0.15, -0.1) is 0 Å². The fraction of sp³-hybridized carbons (Fsp3) is 0.667. The van der Waals surface area contributed by atoms with E-state index in [2.05, 4.69) is 68.8 Å². The molecule has 16 atom stereocenters. The summed E-state index contributed by atoms with van der Waals surface area (Å²) in [5.74, 6) is -4.97. The Morgan fingerprint density at radius 2 is 0.898 bits per heavy atom. The fourth-order valence-electron chi connectivity index (χ4n) is 8.95. The van der Waals surface area contributed by atoms with Crippen LogP contribution in [-0.2, 0) is 111 Å². The molecular formula is C54H91N14O42P6S2-. The van der Waals surface area contributed by atoms with Crippen LogP contribution in [0.5, 0.6) is 0 Å². The molecule has 2 aliphatic rings. The molecule has 6 heterocycles. The van der Waals surface area contributed by atoms with Crippen LogP contribution in [-0.4, -0.2) is 308 Å². The second-order valence-electron chi connectivity index (χ2n) is 25.5. The number of fused-ring (bicyclic) bond motifs is 2. The first-order chi connectivity index (χ1) is 54.4. The molecule has 0 radical (unpaired) electrons. The molecule has 2 saturated heterocycles. The van der Waals surface area contributed by atoms with Gasteiger partial charge in [0, 0.05) is 86.8 Å². The lowest BCUT2D eigenvalue weighted by Gasteiger charge is -2.30. The van der Waals surface area contributed by atoms with Gasteiger partial charge in [-0.3, -0.25) is 65.0 Å². The zero-order valence-electron chi connectivity index (χ0n) is 62.6. The number of carboxylic acids is 2. The number of nitrogens with zero attached hydrogens (tertiary/aromatic N) is 8. The van der Waals surface area contributed by atoms with Crippen LogP contribution in [0.2, 0.25) is 0 Å². The summed E-state index contributed by atoms with van der Waals surface area (Å²) in [5, 5.41) is 102. The standard InChI is InChI=1S/2C24H40N7O18P3S.2C3H6O3/c1-12(32)23(37)53-7-6-26-14(33)4-5-27-21(36)18(35)24(2,3)9-46-52(43,44)49-51(41,42)45-8-13-17(48-50(38,39)40)16(34)22(47-13)31-11-30-15-19(25)28-10-29-20(15)31;1-24(2,19(36)22(37)27-5-3-14(33)26-6-8-53-15(34)4-7-32)10-46-52(43,44)49-51(41,42)45-9-13-18(48-50(38,39)40)17(35)23(47-13)31-12-30-16-20(25)28-11-29-21(16)31;1-2(4)3(5)6;4-2-1-3(5)6/h10-13,16-18,22,32,34-35H,4-9H2,1-3H3,(H,26,33)(H,27,36)(H,41,42)(H,43,44)(H2,25,28,29)(H2,38,39,40);11-13,17-19,23,32,35-36H,3-10H2,1-2H3,(H,26,33)(H,27,37)(H,41,42)(H,43,44)(H2,25,28,29)(H2,38,39,40);2,4H,1H3,(H,5,6);4H,1-2H2,(H,5,6)/p-1/t12?,13-,16-,17-,18+,22-;13-,17-,18-,19+,23-;;/m11../s1. The minimum absolute atomic E-state index is 0.0134. The zero-order chi connectivity index (χ0) is 89.9. The number of nitrogens with two attached hydrogens (primary N) is 2. The molecule has 25 N–H and O–H groups in total. The second-order valence-corrected chi connectivity index (χ2v) is 36.3. The van der Waals surface area contributed by atoms with Gasteiger partial charge in [0.15, 0.2) is 40.5 Å². The average Bonchev–Trinajstić information content (AvgIpc) is 1.62. The first kappa shape index (κ1) is 106. The maximum absolute atomic E-state index is 12.6. The number of carboxylic acid groups (broad SMARTS) is 2. The van der Waals surface area contributed by atoms with Crippen molar-refractivity contribution in [3.8, 4) is 0 Å². The highest BCUT2D eigenvalue weighted by Crippen LogP contribution is 2.63. The number of aliphatic hydroxyl groups excluding tert-OH is 8. The zero-order valence-corrected chi connectivity index (χ0v) is 69.6. The molecule has 6 rings (SSSR count). The molecule has 0 bridgehead atoms. The molecule has 4 aromatic rings. The molecule has 2 fully saturated rings. The first-order valence-electron chi connectivity index (χ1n) is 33.5. The Morgan fingerprint density at radius 1 is 0.542 bits per heavy atom. The molecule has 6 unspecified atom stereocenters. The summed E-state index contributed by atoms with van der Waals surface area (Å²) >= 11 is 1.76. The van der Waals surface area contributed by atoms with Gasteiger partial charge in [-0.1, -0.05) is 51.2 Å². The van der Waals surface area contributed by atoms with E-state index in [0.717, 1.165) is 58.0 Å². The Hall–Kier alpha value is -6.10. The Morgan fingerprint density at radius 3 is 1.22 bits per heavy atom. The van der Waals surface area contributed by atoms with Crippen LogP contribution in [0.1, 0.15) is 79.7 Å². The number of imidazole rings is 2. The van der Waals surface area contributed by atoms with Crippen molar-refractivity contribution in [3.05, 3.63) is 25.3 Å². The summed E-state index contributed by atoms with van der Waals surface area (Å²) in [7, 11) is -32.8. The number of nitrogen functional groups attached to an aromatic ring is 2. The molecule has 0 spiro atoms. The molecule has 4 amide bonds. The Labute approximate surface area is 674 Å². The molecule has 672 valence electrons. The third-order valence-corrected chi connectivity index (χ3v) is 23.0. The lowest BCUT2D eigenvalue weighted by Crippen LogP contribution is -2.46. The van der Waals surface area contributed by atoms with E-state index in [4.69, 9.17) is 64.6 Å². The molecule has 56 nitrogen and oxygen atoms in total. The monoisotopic (exact) mass is 1860 g/mol. The quantitative estimate of drug-likeness (QED) is 0.0145. The third-order valence-electron chi connectivity index (χ3n) is 14.8. The normalized spacial score (nSPS) is 21.3. The number of hydrogen-bond donors (Lipinski definition) is 23. The molecule has 4 aromatic heterocycles. The van der Waals surface area contributed by atoms with Crippen LogP contribution in [0.15, 0.2) is 25.3 Å². The van der Waals surface area contributed by atoms with Crippen LogP contribution in [0, 0.1) is 10.8 Å². The maximum Gasteiger partial charge on any atom is 0.481 e. The van der Waals surface area contributed by atoms with Gasteiger partial charge in [-0.2, -0.15) is 8.62 Å². The van der Waals surface area contributed by atoms with E-state index in [1.165, 1.54) is 41.5 Å². The van der Waals surface area contributed by atoms with Crippen LogP contribution in [0.25, 0.3) is 22.3 Å². The van der Waals surface area contributed by atoms with Gasteiger partial charge in [-0.05, 0) is 13.8 Å². The summed E-state index contributed by atoms with van der Waals surface area (Å²) < 4.78 is 124. The number of carbonyl (C=O) groups is 8. The summed E-state index contributed by atoms with van der Waals surface area (Å²) in [5.41, 5.74) is 8.46. The summed E-state index contributed by atoms with van der Waals surface area (Å²) in [6.07, 6.45) is -16.6. The molecule has 0 aromatic carbocycles. The van der Waals surface area contributed by atoms with E-state index in [-0.39, 0.29) is 116 Å². The van der Waals surface area contributed by atoms with Gasteiger partial charge in [0.05, 0.1) is 45.7 Å².